The van der Waals surface area contributed by atoms with Crippen LogP contribution in [0.3, 0.4) is 0 Å². The van der Waals surface area contributed by atoms with Gasteiger partial charge in [-0.1, -0.05) is 48.5 Å². The molecule has 104 valence electrons. The van der Waals surface area contributed by atoms with E-state index >= 15 is 0 Å². The van der Waals surface area contributed by atoms with Gasteiger partial charge in [-0.05, 0) is 50.7 Å². The third kappa shape index (κ3) is 2.82. The number of hydrogen-bond donors (Lipinski definition) is 0. The lowest BCUT2D eigenvalue weighted by atomic mass is 10.1. The zero-order chi connectivity index (χ0) is 14.8. The molecule has 0 saturated carbocycles. The summed E-state index contributed by atoms with van der Waals surface area (Å²) in [5, 5.41) is 0. The average molecular weight is 465 g/mol. The van der Waals surface area contributed by atoms with Gasteiger partial charge in [0.15, 0.2) is 0 Å². The van der Waals surface area contributed by atoms with E-state index in [4.69, 9.17) is 0 Å². The van der Waals surface area contributed by atoms with Crippen LogP contribution in [0, 0.1) is 0 Å². The van der Waals surface area contributed by atoms with Gasteiger partial charge in [0.05, 0.1) is 4.90 Å². The Bertz CT molecular complexity index is 713. The zero-order valence-electron chi connectivity index (χ0n) is 10.2. The van der Waals surface area contributed by atoms with Gasteiger partial charge >= 0.3 is 0 Å². The highest BCUT2D eigenvalue weighted by molar-refractivity contribution is 14.1. The summed E-state index contributed by atoms with van der Waals surface area (Å²) >= 11 is 4.72. The van der Waals surface area contributed by atoms with Gasteiger partial charge in [0.1, 0.15) is 0 Å². The standard InChI is InChI=1S/C14H10BrIO3S/c15-14(16,13(17)11-7-3-1-4-8-11)20(18,19)12-9-5-2-6-10-12/h1-10H. The van der Waals surface area contributed by atoms with Gasteiger partial charge in [0, 0.05) is 5.56 Å². The van der Waals surface area contributed by atoms with E-state index in [0.29, 0.717) is 5.56 Å². The van der Waals surface area contributed by atoms with Gasteiger partial charge in [-0.15, -0.1) is 0 Å². The van der Waals surface area contributed by atoms with Crippen molar-refractivity contribution in [2.75, 3.05) is 0 Å². The number of sulfone groups is 1. The summed E-state index contributed by atoms with van der Waals surface area (Å²) in [6, 6.07) is 16.3. The van der Waals surface area contributed by atoms with Crippen LogP contribution in [0.4, 0.5) is 0 Å². The monoisotopic (exact) mass is 464 g/mol. The van der Waals surface area contributed by atoms with Crippen molar-refractivity contribution >= 4 is 54.1 Å². The Hall–Kier alpha value is -0.730. The molecule has 0 heterocycles. The van der Waals surface area contributed by atoms with E-state index in [1.165, 1.54) is 12.1 Å². The first-order valence-electron chi connectivity index (χ1n) is 5.65. The van der Waals surface area contributed by atoms with E-state index in [0.717, 1.165) is 0 Å². The molecule has 0 spiro atoms. The fraction of sp³-hybridized carbons (Fsp3) is 0.0714. The topological polar surface area (TPSA) is 51.2 Å². The molecule has 0 aliphatic heterocycles. The Labute approximate surface area is 139 Å². The molecule has 0 saturated heterocycles. The van der Waals surface area contributed by atoms with Crippen LogP contribution in [-0.4, -0.2) is 15.9 Å². The smallest absolute Gasteiger partial charge is 0.243 e. The molecule has 0 fully saturated rings. The van der Waals surface area contributed by atoms with Crippen molar-refractivity contribution in [1.29, 1.82) is 0 Å². The van der Waals surface area contributed by atoms with Gasteiger partial charge in [0.2, 0.25) is 17.3 Å². The molecule has 6 heteroatoms. The lowest BCUT2D eigenvalue weighted by Gasteiger charge is -2.19. The van der Waals surface area contributed by atoms with Crippen molar-refractivity contribution in [3.8, 4) is 0 Å². The van der Waals surface area contributed by atoms with Crippen LogP contribution in [0.15, 0.2) is 65.6 Å². The second-order valence-electron chi connectivity index (χ2n) is 4.03. The number of rotatable bonds is 4. The Balaban J connectivity index is 2.48. The minimum atomic E-state index is -3.83. The number of carbonyl (C=O) groups is 1. The highest BCUT2D eigenvalue weighted by atomic mass is 127. The van der Waals surface area contributed by atoms with Crippen molar-refractivity contribution in [2.24, 2.45) is 0 Å². The van der Waals surface area contributed by atoms with Crippen LogP contribution in [0.25, 0.3) is 0 Å². The van der Waals surface area contributed by atoms with E-state index in [2.05, 4.69) is 15.9 Å². The molecule has 3 nitrogen and oxygen atoms in total. The quantitative estimate of drug-likeness (QED) is 0.392. The number of benzene rings is 2. The van der Waals surface area contributed by atoms with E-state index in [-0.39, 0.29) is 4.90 Å². The number of carbonyl (C=O) groups excluding carboxylic acids is 1. The normalized spacial score (nSPS) is 14.5. The van der Waals surface area contributed by atoms with Crippen molar-refractivity contribution < 1.29 is 13.2 Å². The second-order valence-corrected chi connectivity index (χ2v) is 11.7. The minimum Gasteiger partial charge on any atom is -0.290 e. The SMILES string of the molecule is O=C(c1ccccc1)C(Br)(I)S(=O)(=O)c1ccccc1. The first-order chi connectivity index (χ1) is 9.37. The average Bonchev–Trinajstić information content (AvgIpc) is 2.48. The fourth-order valence-corrected chi connectivity index (χ4v) is 4.66. The molecule has 2 rings (SSSR count). The molecule has 2 aromatic rings. The highest BCUT2D eigenvalue weighted by Crippen LogP contribution is 2.40. The van der Waals surface area contributed by atoms with Gasteiger partial charge in [-0.25, -0.2) is 8.42 Å². The van der Waals surface area contributed by atoms with Gasteiger partial charge in [-0.3, -0.25) is 4.79 Å². The maximum atomic E-state index is 12.6. The fourth-order valence-electron chi connectivity index (χ4n) is 1.63. The van der Waals surface area contributed by atoms with Crippen LogP contribution < -0.4 is 0 Å². The molecule has 0 aliphatic rings. The van der Waals surface area contributed by atoms with E-state index in [1.54, 1.807) is 71.1 Å². The van der Waals surface area contributed by atoms with E-state index < -0.39 is 17.3 Å². The number of hydrogen-bond acceptors (Lipinski definition) is 3. The van der Waals surface area contributed by atoms with Crippen molar-refractivity contribution in [3.05, 3.63) is 66.2 Å². The van der Waals surface area contributed by atoms with Gasteiger partial charge < -0.3 is 0 Å². The van der Waals surface area contributed by atoms with Crippen LogP contribution >= 0.6 is 38.5 Å². The molecule has 0 N–H and O–H groups in total. The van der Waals surface area contributed by atoms with Crippen LogP contribution in [0.5, 0.6) is 0 Å². The lowest BCUT2D eigenvalue weighted by Crippen LogP contribution is -2.34. The summed E-state index contributed by atoms with van der Waals surface area (Å²) in [6.07, 6.45) is 0. The largest absolute Gasteiger partial charge is 0.290 e. The summed E-state index contributed by atoms with van der Waals surface area (Å²) < 4.78 is 23.5. The zero-order valence-corrected chi connectivity index (χ0v) is 14.7. The lowest BCUT2D eigenvalue weighted by molar-refractivity contribution is 0.101. The van der Waals surface area contributed by atoms with Crippen LogP contribution in [0.1, 0.15) is 10.4 Å². The third-order valence-electron chi connectivity index (χ3n) is 2.69. The summed E-state index contributed by atoms with van der Waals surface area (Å²) in [6.45, 7) is 0. The molecule has 1 unspecified atom stereocenters. The molecule has 1 atom stereocenters. The summed E-state index contributed by atoms with van der Waals surface area (Å²) in [7, 11) is -3.83. The molecule has 0 amide bonds. The van der Waals surface area contributed by atoms with Crippen molar-refractivity contribution in [2.45, 2.75) is 6.56 Å². The van der Waals surface area contributed by atoms with Gasteiger partial charge in [-0.2, -0.15) is 0 Å². The highest BCUT2D eigenvalue weighted by Gasteiger charge is 2.47. The molecule has 0 aromatic heterocycles. The Kier molecular flexibility index (Phi) is 4.66. The predicted octanol–water partition coefficient (Wildman–Crippen LogP) is 3.83. The first-order valence-corrected chi connectivity index (χ1v) is 9.00. The molecule has 0 aliphatic carbocycles. The summed E-state index contributed by atoms with van der Waals surface area (Å²) in [5.74, 6) is -0.498. The minimum absolute atomic E-state index is 0.107. The van der Waals surface area contributed by atoms with Gasteiger partial charge in [0.25, 0.3) is 0 Å². The van der Waals surface area contributed by atoms with E-state index in [1.807, 2.05) is 0 Å². The number of halogens is 2. The first kappa shape index (κ1) is 15.7. The maximum absolute atomic E-state index is 12.6. The molecular formula is C14H10BrIO3S. The summed E-state index contributed by atoms with van der Waals surface area (Å²) in [4.78, 5) is 12.6. The molecular weight excluding hydrogens is 455 g/mol. The van der Waals surface area contributed by atoms with Crippen LogP contribution in [-0.2, 0) is 9.84 Å². The maximum Gasteiger partial charge on any atom is 0.243 e. The number of alkyl halides is 2. The van der Waals surface area contributed by atoms with Crippen LogP contribution in [0.2, 0.25) is 0 Å². The number of Topliss-reactive ketones (excluding diaryl/α,β-unsaturated/α-hetero) is 1. The Morgan fingerprint density at radius 1 is 0.950 bits per heavy atom. The Morgan fingerprint density at radius 2 is 1.40 bits per heavy atom. The molecule has 0 bridgehead atoms. The number of ketones is 1. The van der Waals surface area contributed by atoms with Crippen molar-refractivity contribution in [3.63, 3.8) is 0 Å². The molecule has 20 heavy (non-hydrogen) atoms. The molecule has 0 radical (unpaired) electrons. The van der Waals surface area contributed by atoms with E-state index in [9.17, 15) is 13.2 Å². The third-order valence-corrected chi connectivity index (χ3v) is 8.31. The summed E-state index contributed by atoms with van der Waals surface area (Å²) in [5.41, 5.74) is 0.346. The predicted molar refractivity (Wildman–Crippen MR) is 90.1 cm³/mol. The molecule has 2 aromatic carbocycles. The van der Waals surface area contributed by atoms with Crippen molar-refractivity contribution in [1.82, 2.24) is 0 Å². The Morgan fingerprint density at radius 3 is 1.90 bits per heavy atom. The second kappa shape index (κ2) is 5.95.